The highest BCUT2D eigenvalue weighted by Gasteiger charge is 2.26. The fraction of sp³-hybridized carbons (Fsp3) is 0.600. The first-order valence-electron chi connectivity index (χ1n) is 7.27. The van der Waals surface area contributed by atoms with Crippen molar-refractivity contribution in [3.05, 3.63) is 23.9 Å². The van der Waals surface area contributed by atoms with Crippen molar-refractivity contribution in [2.75, 3.05) is 38.3 Å². The van der Waals surface area contributed by atoms with Crippen molar-refractivity contribution in [3.63, 3.8) is 0 Å². The van der Waals surface area contributed by atoms with Gasteiger partial charge in [-0.05, 0) is 26.0 Å². The molecule has 1 saturated heterocycles. The summed E-state index contributed by atoms with van der Waals surface area (Å²) in [7, 11) is 1.67. The van der Waals surface area contributed by atoms with Crippen molar-refractivity contribution in [3.8, 4) is 0 Å². The Balaban J connectivity index is 2.05. The van der Waals surface area contributed by atoms with Gasteiger partial charge in [0, 0.05) is 32.9 Å². The van der Waals surface area contributed by atoms with Crippen LogP contribution in [-0.2, 0) is 9.47 Å². The second-order valence-electron chi connectivity index (χ2n) is 5.19. The predicted molar refractivity (Wildman–Crippen MR) is 80.7 cm³/mol. The molecule has 1 aliphatic heterocycles. The maximum Gasteiger partial charge on any atom is 0.252 e. The molecule has 6 heteroatoms. The van der Waals surface area contributed by atoms with Gasteiger partial charge in [-0.15, -0.1) is 0 Å². The quantitative estimate of drug-likeness (QED) is 0.880. The molecule has 0 aromatic carbocycles. The van der Waals surface area contributed by atoms with Crippen LogP contribution in [0.25, 0.3) is 0 Å². The lowest BCUT2D eigenvalue weighted by Gasteiger charge is -2.37. The van der Waals surface area contributed by atoms with E-state index >= 15 is 0 Å². The molecular formula is C15H23N3O3. The average molecular weight is 293 g/mol. The molecule has 0 bridgehead atoms. The molecule has 0 aliphatic carbocycles. The van der Waals surface area contributed by atoms with Gasteiger partial charge in [0.05, 0.1) is 24.4 Å². The van der Waals surface area contributed by atoms with Crippen LogP contribution in [0, 0.1) is 0 Å². The number of hydrogen-bond acceptors (Lipinski definition) is 5. The van der Waals surface area contributed by atoms with Gasteiger partial charge in [-0.1, -0.05) is 0 Å². The normalized spacial score (nSPS) is 22.1. The molecule has 116 valence electrons. The number of rotatable bonds is 5. The van der Waals surface area contributed by atoms with Crippen LogP contribution in [0.1, 0.15) is 24.2 Å². The number of amides is 1. The van der Waals surface area contributed by atoms with E-state index in [1.165, 1.54) is 0 Å². The van der Waals surface area contributed by atoms with E-state index in [1.807, 2.05) is 19.9 Å². The predicted octanol–water partition coefficient (Wildman–Crippen LogP) is 1.07. The number of nitrogens with one attached hydrogen (secondary N) is 1. The molecule has 1 aromatic heterocycles. The Hall–Kier alpha value is -1.66. The van der Waals surface area contributed by atoms with Crippen molar-refractivity contribution in [1.29, 1.82) is 0 Å². The number of anilines is 1. The lowest BCUT2D eigenvalue weighted by molar-refractivity contribution is -0.0512. The highest BCUT2D eigenvalue weighted by Crippen LogP contribution is 2.18. The van der Waals surface area contributed by atoms with E-state index in [1.54, 1.807) is 19.4 Å². The molecule has 6 nitrogen and oxygen atoms in total. The first kappa shape index (κ1) is 15.7. The molecule has 0 saturated carbocycles. The monoisotopic (exact) mass is 293 g/mol. The van der Waals surface area contributed by atoms with Gasteiger partial charge in [0.15, 0.2) is 0 Å². The molecule has 2 atom stereocenters. The highest BCUT2D eigenvalue weighted by molar-refractivity contribution is 5.93. The number of pyridine rings is 1. The van der Waals surface area contributed by atoms with Crippen molar-refractivity contribution in [2.24, 2.45) is 0 Å². The summed E-state index contributed by atoms with van der Waals surface area (Å²) < 4.78 is 11.0. The fourth-order valence-corrected chi connectivity index (χ4v) is 2.48. The summed E-state index contributed by atoms with van der Waals surface area (Å²) in [5.41, 5.74) is 0.579. The molecule has 21 heavy (non-hydrogen) atoms. The molecule has 1 amide bonds. The Bertz CT molecular complexity index is 464. The number of carbonyl (C=O) groups excluding carboxylic acids is 1. The molecule has 1 N–H and O–H groups in total. The van der Waals surface area contributed by atoms with Gasteiger partial charge >= 0.3 is 0 Å². The van der Waals surface area contributed by atoms with Gasteiger partial charge in [0.25, 0.3) is 5.91 Å². The third-order valence-electron chi connectivity index (χ3n) is 3.35. The maximum atomic E-state index is 11.7. The molecule has 2 unspecified atom stereocenters. The number of carbonyl (C=O) groups is 1. The smallest absolute Gasteiger partial charge is 0.252 e. The van der Waals surface area contributed by atoms with Crippen molar-refractivity contribution < 1.29 is 14.3 Å². The largest absolute Gasteiger partial charge is 0.382 e. The summed E-state index contributed by atoms with van der Waals surface area (Å²) in [5, 5.41) is 2.76. The maximum absolute atomic E-state index is 11.7. The minimum Gasteiger partial charge on any atom is -0.382 e. The molecule has 0 spiro atoms. The third-order valence-corrected chi connectivity index (χ3v) is 3.35. The summed E-state index contributed by atoms with van der Waals surface area (Å²) in [6.45, 7) is 6.64. The van der Waals surface area contributed by atoms with E-state index in [0.717, 1.165) is 18.9 Å². The summed E-state index contributed by atoms with van der Waals surface area (Å²) >= 11 is 0. The first-order valence-corrected chi connectivity index (χ1v) is 7.27. The third kappa shape index (κ3) is 4.15. The summed E-state index contributed by atoms with van der Waals surface area (Å²) in [4.78, 5) is 18.3. The fourth-order valence-electron chi connectivity index (χ4n) is 2.48. The van der Waals surface area contributed by atoms with Crippen molar-refractivity contribution in [2.45, 2.75) is 26.1 Å². The summed E-state index contributed by atoms with van der Waals surface area (Å²) in [6, 6.07) is 3.69. The Morgan fingerprint density at radius 3 is 2.95 bits per heavy atom. The van der Waals surface area contributed by atoms with Gasteiger partial charge in [0.2, 0.25) is 0 Å². The lowest BCUT2D eigenvalue weighted by Crippen LogP contribution is -2.48. The SMILES string of the molecule is CCNC(=O)c1ccc(N2CC(C)OC(COC)C2)nc1. The van der Waals surface area contributed by atoms with Crippen LogP contribution in [0.2, 0.25) is 0 Å². The van der Waals surface area contributed by atoms with Gasteiger partial charge in [-0.2, -0.15) is 0 Å². The second-order valence-corrected chi connectivity index (χ2v) is 5.19. The van der Waals surface area contributed by atoms with E-state index in [9.17, 15) is 4.79 Å². The van der Waals surface area contributed by atoms with Crippen molar-refractivity contribution in [1.82, 2.24) is 10.3 Å². The zero-order valence-corrected chi connectivity index (χ0v) is 12.8. The van der Waals surface area contributed by atoms with Crippen LogP contribution in [0.5, 0.6) is 0 Å². The lowest BCUT2D eigenvalue weighted by atomic mass is 10.2. The van der Waals surface area contributed by atoms with Gasteiger partial charge in [0.1, 0.15) is 5.82 Å². The number of nitrogens with zero attached hydrogens (tertiary/aromatic N) is 2. The van der Waals surface area contributed by atoms with Crippen LogP contribution in [0.3, 0.4) is 0 Å². The van der Waals surface area contributed by atoms with Crippen LogP contribution in [0.4, 0.5) is 5.82 Å². The first-order chi connectivity index (χ1) is 10.1. The second kappa shape index (κ2) is 7.38. The minimum atomic E-state index is -0.0934. The standard InChI is InChI=1S/C15H23N3O3/c1-4-16-15(19)12-5-6-14(17-7-12)18-8-11(2)21-13(9-18)10-20-3/h5-7,11,13H,4,8-10H2,1-3H3,(H,16,19). The van der Waals surface area contributed by atoms with Gasteiger partial charge < -0.3 is 19.7 Å². The van der Waals surface area contributed by atoms with E-state index in [2.05, 4.69) is 15.2 Å². The van der Waals surface area contributed by atoms with E-state index < -0.39 is 0 Å². The molecule has 2 rings (SSSR count). The van der Waals surface area contributed by atoms with Crippen molar-refractivity contribution >= 4 is 11.7 Å². The summed E-state index contributed by atoms with van der Waals surface area (Å²) in [5.74, 6) is 0.767. The average Bonchev–Trinajstić information content (AvgIpc) is 2.47. The molecule has 2 heterocycles. The zero-order chi connectivity index (χ0) is 15.2. The molecule has 1 aromatic rings. The van der Waals surface area contributed by atoms with Gasteiger partial charge in [-0.3, -0.25) is 4.79 Å². The van der Waals surface area contributed by atoms with Crippen LogP contribution in [0.15, 0.2) is 18.3 Å². The van der Waals surface area contributed by atoms with E-state index in [-0.39, 0.29) is 18.1 Å². The number of morpholine rings is 1. The van der Waals surface area contributed by atoms with Crippen LogP contribution in [-0.4, -0.2) is 56.5 Å². The Kier molecular flexibility index (Phi) is 5.52. The van der Waals surface area contributed by atoms with E-state index in [0.29, 0.717) is 18.7 Å². The number of methoxy groups -OCH3 is 1. The number of hydrogen-bond donors (Lipinski definition) is 1. The topological polar surface area (TPSA) is 63.7 Å². The number of aromatic nitrogens is 1. The number of ether oxygens (including phenoxy) is 2. The highest BCUT2D eigenvalue weighted by atomic mass is 16.5. The Labute approximate surface area is 125 Å². The Morgan fingerprint density at radius 2 is 2.33 bits per heavy atom. The van der Waals surface area contributed by atoms with E-state index in [4.69, 9.17) is 9.47 Å². The summed E-state index contributed by atoms with van der Waals surface area (Å²) in [6.07, 6.45) is 1.79. The minimum absolute atomic E-state index is 0.0450. The van der Waals surface area contributed by atoms with Crippen LogP contribution < -0.4 is 10.2 Å². The van der Waals surface area contributed by atoms with Crippen LogP contribution >= 0.6 is 0 Å². The Morgan fingerprint density at radius 1 is 1.52 bits per heavy atom. The van der Waals surface area contributed by atoms with Gasteiger partial charge in [-0.25, -0.2) is 4.98 Å². The zero-order valence-electron chi connectivity index (χ0n) is 12.8. The molecular weight excluding hydrogens is 270 g/mol. The molecule has 0 radical (unpaired) electrons. The molecule has 1 aliphatic rings. The molecule has 1 fully saturated rings.